The van der Waals surface area contributed by atoms with Crippen molar-refractivity contribution in [3.05, 3.63) is 12.3 Å². The molecule has 1 aliphatic rings. The molecule has 0 aliphatic heterocycles. The molecule has 0 saturated heterocycles. The van der Waals surface area contributed by atoms with E-state index in [0.29, 0.717) is 24.5 Å². The first-order valence-electron chi connectivity index (χ1n) is 6.55. The lowest BCUT2D eigenvalue weighted by atomic mass is 9.94. The van der Waals surface area contributed by atoms with Gasteiger partial charge in [-0.1, -0.05) is 12.8 Å². The van der Waals surface area contributed by atoms with Crippen molar-refractivity contribution < 1.29 is 4.74 Å². The Kier molecular flexibility index (Phi) is 4.64. The molecule has 100 valence electrons. The number of halogens is 1. The zero-order chi connectivity index (χ0) is 13.0. The van der Waals surface area contributed by atoms with E-state index in [0.717, 1.165) is 12.8 Å². The minimum Gasteiger partial charge on any atom is -0.478 e. The Morgan fingerprint density at radius 2 is 2.22 bits per heavy atom. The Morgan fingerprint density at radius 3 is 2.94 bits per heavy atom. The minimum atomic E-state index is 0.183. The molecule has 18 heavy (non-hydrogen) atoms. The number of nitrogens with zero attached hydrogens (tertiary/aromatic N) is 3. The third kappa shape index (κ3) is 3.05. The highest BCUT2D eigenvalue weighted by Gasteiger charge is 2.28. The summed E-state index contributed by atoms with van der Waals surface area (Å²) in [6.45, 7) is 2.56. The third-order valence-electron chi connectivity index (χ3n) is 3.37. The molecule has 5 heteroatoms. The Morgan fingerprint density at radius 1 is 1.44 bits per heavy atom. The normalized spacial score (nSPS) is 23.7. The van der Waals surface area contributed by atoms with Gasteiger partial charge in [-0.2, -0.15) is 4.98 Å². The van der Waals surface area contributed by atoms with E-state index < -0.39 is 0 Å². The first kappa shape index (κ1) is 13.4. The van der Waals surface area contributed by atoms with Gasteiger partial charge in [-0.3, -0.25) is 0 Å². The molecule has 0 N–H and O–H groups in total. The molecule has 1 aromatic rings. The van der Waals surface area contributed by atoms with Crippen LogP contribution in [0.1, 0.15) is 32.6 Å². The van der Waals surface area contributed by atoms with E-state index in [4.69, 9.17) is 16.3 Å². The predicted octanol–water partition coefficient (Wildman–Crippen LogP) is 2.86. The Hall–Kier alpha value is -1.03. The van der Waals surface area contributed by atoms with Crippen LogP contribution in [0.3, 0.4) is 0 Å². The topological polar surface area (TPSA) is 38.2 Å². The number of aromatic nitrogens is 2. The summed E-state index contributed by atoms with van der Waals surface area (Å²) in [5.74, 6) is 1.31. The van der Waals surface area contributed by atoms with Crippen LogP contribution in [0.4, 0.5) is 5.95 Å². The van der Waals surface area contributed by atoms with Crippen LogP contribution in [0.25, 0.3) is 0 Å². The van der Waals surface area contributed by atoms with Gasteiger partial charge in [0.1, 0.15) is 0 Å². The zero-order valence-electron chi connectivity index (χ0n) is 11.0. The van der Waals surface area contributed by atoms with E-state index in [1.807, 2.05) is 14.0 Å². The number of ether oxygens (including phenoxy) is 1. The summed E-state index contributed by atoms with van der Waals surface area (Å²) in [5.41, 5.74) is 0. The van der Waals surface area contributed by atoms with Crippen LogP contribution in [0, 0.1) is 0 Å². The molecule has 1 aliphatic carbocycles. The van der Waals surface area contributed by atoms with Crippen LogP contribution >= 0.6 is 11.6 Å². The molecule has 0 spiro atoms. The van der Waals surface area contributed by atoms with Crippen LogP contribution in [-0.2, 0) is 0 Å². The third-order valence-corrected chi connectivity index (χ3v) is 3.88. The number of hydrogen-bond acceptors (Lipinski definition) is 4. The molecule has 0 radical (unpaired) electrons. The molecule has 2 rings (SSSR count). The highest BCUT2D eigenvalue weighted by atomic mass is 35.5. The van der Waals surface area contributed by atoms with Crippen molar-refractivity contribution in [3.8, 4) is 5.88 Å². The molecular weight excluding hydrogens is 250 g/mol. The second-order valence-corrected chi connectivity index (χ2v) is 5.17. The number of anilines is 1. The molecule has 1 heterocycles. The van der Waals surface area contributed by atoms with Crippen molar-refractivity contribution in [1.29, 1.82) is 0 Å². The summed E-state index contributed by atoms with van der Waals surface area (Å²) in [4.78, 5) is 10.8. The minimum absolute atomic E-state index is 0.183. The zero-order valence-corrected chi connectivity index (χ0v) is 11.7. The van der Waals surface area contributed by atoms with Gasteiger partial charge in [-0.05, 0) is 19.8 Å². The van der Waals surface area contributed by atoms with Crippen LogP contribution in [0.2, 0.25) is 0 Å². The van der Waals surface area contributed by atoms with E-state index in [9.17, 15) is 0 Å². The second-order valence-electron chi connectivity index (χ2n) is 4.61. The van der Waals surface area contributed by atoms with Crippen LogP contribution in [0.15, 0.2) is 12.3 Å². The van der Waals surface area contributed by atoms with Crippen molar-refractivity contribution in [2.45, 2.75) is 44.0 Å². The quantitative estimate of drug-likeness (QED) is 0.788. The second kappa shape index (κ2) is 6.23. The van der Waals surface area contributed by atoms with Crippen molar-refractivity contribution in [2.75, 3.05) is 18.6 Å². The highest BCUT2D eigenvalue weighted by molar-refractivity contribution is 6.21. The van der Waals surface area contributed by atoms with Crippen LogP contribution < -0.4 is 9.64 Å². The molecule has 0 bridgehead atoms. The molecule has 1 aromatic heterocycles. The SMILES string of the molecule is CCOc1ccnc(N(C)C2CCCCC2Cl)n1. The van der Waals surface area contributed by atoms with Crippen LogP contribution in [0.5, 0.6) is 5.88 Å². The number of alkyl halides is 1. The van der Waals surface area contributed by atoms with Gasteiger partial charge in [0.2, 0.25) is 11.8 Å². The van der Waals surface area contributed by atoms with Crippen molar-refractivity contribution in [3.63, 3.8) is 0 Å². The molecular formula is C13H20ClN3O. The lowest BCUT2D eigenvalue weighted by Gasteiger charge is -2.34. The molecule has 1 fully saturated rings. The summed E-state index contributed by atoms with van der Waals surface area (Å²) in [5, 5.41) is 0.183. The lowest BCUT2D eigenvalue weighted by molar-refractivity contribution is 0.325. The van der Waals surface area contributed by atoms with Gasteiger partial charge in [0, 0.05) is 25.4 Å². The average Bonchev–Trinajstić information content (AvgIpc) is 2.39. The smallest absolute Gasteiger partial charge is 0.228 e. The number of rotatable bonds is 4. The van der Waals surface area contributed by atoms with Gasteiger partial charge in [-0.15, -0.1) is 11.6 Å². The maximum Gasteiger partial charge on any atom is 0.228 e. The molecule has 0 aromatic carbocycles. The van der Waals surface area contributed by atoms with Gasteiger partial charge >= 0.3 is 0 Å². The van der Waals surface area contributed by atoms with E-state index >= 15 is 0 Å². The summed E-state index contributed by atoms with van der Waals surface area (Å²) in [6, 6.07) is 2.09. The Balaban J connectivity index is 2.11. The van der Waals surface area contributed by atoms with Gasteiger partial charge in [-0.25, -0.2) is 4.98 Å². The van der Waals surface area contributed by atoms with Gasteiger partial charge in [0.15, 0.2) is 0 Å². The maximum atomic E-state index is 6.40. The largest absolute Gasteiger partial charge is 0.478 e. The fourth-order valence-electron chi connectivity index (χ4n) is 2.38. The van der Waals surface area contributed by atoms with Gasteiger partial charge in [0.25, 0.3) is 0 Å². The standard InChI is InChI=1S/C13H20ClN3O/c1-3-18-12-8-9-15-13(16-12)17(2)11-7-5-4-6-10(11)14/h8-11H,3-7H2,1-2H3. The monoisotopic (exact) mass is 269 g/mol. The molecule has 1 saturated carbocycles. The fourth-order valence-corrected chi connectivity index (χ4v) is 2.83. The summed E-state index contributed by atoms with van der Waals surface area (Å²) >= 11 is 6.40. The molecule has 0 amide bonds. The number of hydrogen-bond donors (Lipinski definition) is 0. The van der Waals surface area contributed by atoms with E-state index in [-0.39, 0.29) is 5.38 Å². The highest BCUT2D eigenvalue weighted by Crippen LogP contribution is 2.28. The predicted molar refractivity (Wildman–Crippen MR) is 73.5 cm³/mol. The first-order valence-corrected chi connectivity index (χ1v) is 6.98. The maximum absolute atomic E-state index is 6.40. The Labute approximate surface area is 113 Å². The summed E-state index contributed by atoms with van der Waals surface area (Å²) in [6.07, 6.45) is 6.35. The lowest BCUT2D eigenvalue weighted by Crippen LogP contribution is -2.41. The average molecular weight is 270 g/mol. The Bertz CT molecular complexity index is 388. The van der Waals surface area contributed by atoms with Crippen molar-refractivity contribution in [1.82, 2.24) is 9.97 Å². The molecule has 2 atom stereocenters. The van der Waals surface area contributed by atoms with Crippen LogP contribution in [-0.4, -0.2) is 35.0 Å². The fraction of sp³-hybridized carbons (Fsp3) is 0.692. The van der Waals surface area contributed by atoms with Gasteiger partial charge in [0.05, 0.1) is 12.0 Å². The summed E-state index contributed by atoms with van der Waals surface area (Å²) < 4.78 is 5.40. The summed E-state index contributed by atoms with van der Waals surface area (Å²) in [7, 11) is 2.01. The van der Waals surface area contributed by atoms with Crippen molar-refractivity contribution >= 4 is 17.5 Å². The van der Waals surface area contributed by atoms with E-state index in [1.165, 1.54) is 12.8 Å². The van der Waals surface area contributed by atoms with Crippen molar-refractivity contribution in [2.24, 2.45) is 0 Å². The molecule has 2 unspecified atom stereocenters. The first-order chi connectivity index (χ1) is 8.72. The van der Waals surface area contributed by atoms with E-state index in [1.54, 1.807) is 12.3 Å². The molecule has 4 nitrogen and oxygen atoms in total. The van der Waals surface area contributed by atoms with Gasteiger partial charge < -0.3 is 9.64 Å². The van der Waals surface area contributed by atoms with E-state index in [2.05, 4.69) is 14.9 Å².